The Kier molecular flexibility index (Phi) is 3.68. The van der Waals surface area contributed by atoms with Gasteiger partial charge in [-0.1, -0.05) is 57.0 Å². The molecule has 1 fully saturated rings. The molecule has 0 aromatic heterocycles. The predicted octanol–water partition coefficient (Wildman–Crippen LogP) is 4.84. The average molecular weight is 216 g/mol. The van der Waals surface area contributed by atoms with E-state index in [4.69, 9.17) is 0 Å². The topological polar surface area (TPSA) is 0 Å². The first-order valence-corrected chi connectivity index (χ1v) is 6.84. The quantitative estimate of drug-likeness (QED) is 0.676. The molecule has 88 valence electrons. The van der Waals surface area contributed by atoms with Gasteiger partial charge in [0.1, 0.15) is 0 Å². The maximum Gasteiger partial charge on any atom is -0.0219 e. The van der Waals surface area contributed by atoms with E-state index in [1.54, 1.807) is 0 Å². The molecule has 1 aliphatic rings. The van der Waals surface area contributed by atoms with Gasteiger partial charge < -0.3 is 0 Å². The van der Waals surface area contributed by atoms with Gasteiger partial charge in [-0.3, -0.25) is 0 Å². The molecule has 0 N–H and O–H groups in total. The summed E-state index contributed by atoms with van der Waals surface area (Å²) in [6, 6.07) is 11.1. The highest BCUT2D eigenvalue weighted by Crippen LogP contribution is 2.49. The zero-order valence-electron chi connectivity index (χ0n) is 10.7. The van der Waals surface area contributed by atoms with Crippen molar-refractivity contribution < 1.29 is 0 Å². The summed E-state index contributed by atoms with van der Waals surface area (Å²) in [6.45, 7) is 4.75. The summed E-state index contributed by atoms with van der Waals surface area (Å²) in [4.78, 5) is 0. The van der Waals surface area contributed by atoms with Crippen LogP contribution >= 0.6 is 0 Å². The highest BCUT2D eigenvalue weighted by molar-refractivity contribution is 5.17. The van der Waals surface area contributed by atoms with E-state index in [1.165, 1.54) is 44.1 Å². The molecule has 0 nitrogen and oxygen atoms in total. The molecule has 2 unspecified atom stereocenters. The molecule has 0 amide bonds. The molecule has 1 aromatic carbocycles. The van der Waals surface area contributed by atoms with Crippen LogP contribution in [0.3, 0.4) is 0 Å². The second kappa shape index (κ2) is 5.03. The summed E-state index contributed by atoms with van der Waals surface area (Å²) in [6.07, 6.45) is 8.34. The van der Waals surface area contributed by atoms with Gasteiger partial charge in [-0.05, 0) is 42.6 Å². The lowest BCUT2D eigenvalue weighted by Crippen LogP contribution is -2.27. The lowest BCUT2D eigenvalue weighted by Gasteiger charge is -2.34. The minimum atomic E-state index is 0.607. The number of hydrogen-bond acceptors (Lipinski definition) is 0. The van der Waals surface area contributed by atoms with Crippen LogP contribution in [0.1, 0.15) is 51.5 Å². The summed E-state index contributed by atoms with van der Waals surface area (Å²) in [5, 5.41) is 0. The van der Waals surface area contributed by atoms with Gasteiger partial charge in [0, 0.05) is 0 Å². The number of benzene rings is 1. The van der Waals surface area contributed by atoms with E-state index in [0.29, 0.717) is 5.41 Å². The Balaban J connectivity index is 2.16. The monoisotopic (exact) mass is 216 g/mol. The van der Waals surface area contributed by atoms with Gasteiger partial charge in [0.2, 0.25) is 0 Å². The van der Waals surface area contributed by atoms with Crippen LogP contribution in [0.4, 0.5) is 0 Å². The van der Waals surface area contributed by atoms with Crippen molar-refractivity contribution in [3.05, 3.63) is 35.9 Å². The molecule has 0 radical (unpaired) electrons. The highest BCUT2D eigenvalue weighted by Gasteiger charge is 2.39. The summed E-state index contributed by atoms with van der Waals surface area (Å²) < 4.78 is 0. The Labute approximate surface area is 100 Å². The summed E-state index contributed by atoms with van der Waals surface area (Å²) in [5.74, 6) is 0.956. The number of hydrogen-bond donors (Lipinski definition) is 0. The maximum atomic E-state index is 2.39. The molecule has 0 heteroatoms. The van der Waals surface area contributed by atoms with E-state index in [-0.39, 0.29) is 0 Å². The van der Waals surface area contributed by atoms with Crippen molar-refractivity contribution in [2.24, 2.45) is 11.3 Å². The molecule has 1 aliphatic carbocycles. The molecule has 0 spiro atoms. The van der Waals surface area contributed by atoms with Crippen molar-refractivity contribution in [1.29, 1.82) is 0 Å². The van der Waals surface area contributed by atoms with E-state index >= 15 is 0 Å². The molecule has 0 heterocycles. The molecule has 0 saturated heterocycles. The van der Waals surface area contributed by atoms with Crippen molar-refractivity contribution in [2.45, 2.75) is 52.4 Å². The van der Waals surface area contributed by atoms with Crippen molar-refractivity contribution in [2.75, 3.05) is 0 Å². The Bertz CT molecular complexity index is 314. The minimum absolute atomic E-state index is 0.607. The number of rotatable bonds is 4. The molecule has 0 bridgehead atoms. The van der Waals surface area contributed by atoms with Crippen LogP contribution in [0.25, 0.3) is 0 Å². The first-order valence-electron chi connectivity index (χ1n) is 6.84. The van der Waals surface area contributed by atoms with Crippen LogP contribution in [-0.4, -0.2) is 0 Å². The van der Waals surface area contributed by atoms with Gasteiger partial charge in [0.25, 0.3) is 0 Å². The Morgan fingerprint density at radius 3 is 2.56 bits per heavy atom. The van der Waals surface area contributed by atoms with Gasteiger partial charge in [-0.25, -0.2) is 0 Å². The van der Waals surface area contributed by atoms with Gasteiger partial charge in [0.05, 0.1) is 0 Å². The first kappa shape index (κ1) is 11.7. The Morgan fingerprint density at radius 1 is 1.19 bits per heavy atom. The lowest BCUT2D eigenvalue weighted by molar-refractivity contribution is 0.183. The predicted molar refractivity (Wildman–Crippen MR) is 70.5 cm³/mol. The van der Waals surface area contributed by atoms with E-state index < -0.39 is 0 Å². The van der Waals surface area contributed by atoms with Crippen LogP contribution < -0.4 is 0 Å². The van der Waals surface area contributed by atoms with Crippen molar-refractivity contribution in [3.63, 3.8) is 0 Å². The molecular formula is C16H24. The van der Waals surface area contributed by atoms with E-state index in [2.05, 4.69) is 44.2 Å². The molecule has 2 rings (SSSR count). The van der Waals surface area contributed by atoms with Gasteiger partial charge in [-0.2, -0.15) is 0 Å². The third-order valence-corrected chi connectivity index (χ3v) is 4.69. The fourth-order valence-corrected chi connectivity index (χ4v) is 3.67. The molecular weight excluding hydrogens is 192 g/mol. The molecule has 2 atom stereocenters. The molecule has 0 aliphatic heterocycles. The van der Waals surface area contributed by atoms with Crippen LogP contribution in [0.15, 0.2) is 30.3 Å². The summed E-state index contributed by atoms with van der Waals surface area (Å²) >= 11 is 0. The second-order valence-electron chi connectivity index (χ2n) is 5.38. The van der Waals surface area contributed by atoms with Gasteiger partial charge in [-0.15, -0.1) is 0 Å². The fraction of sp³-hybridized carbons (Fsp3) is 0.625. The van der Waals surface area contributed by atoms with Crippen LogP contribution in [0.5, 0.6) is 0 Å². The third kappa shape index (κ3) is 2.16. The summed E-state index contributed by atoms with van der Waals surface area (Å²) in [7, 11) is 0. The van der Waals surface area contributed by atoms with E-state index in [0.717, 1.165) is 5.92 Å². The SMILES string of the molecule is CCC1CCCC1(CC)Cc1ccccc1. The van der Waals surface area contributed by atoms with E-state index in [9.17, 15) is 0 Å². The minimum Gasteiger partial charge on any atom is -0.0651 e. The van der Waals surface area contributed by atoms with Gasteiger partial charge >= 0.3 is 0 Å². The van der Waals surface area contributed by atoms with Crippen LogP contribution in [-0.2, 0) is 6.42 Å². The lowest BCUT2D eigenvalue weighted by atomic mass is 9.70. The third-order valence-electron chi connectivity index (χ3n) is 4.69. The van der Waals surface area contributed by atoms with Crippen LogP contribution in [0.2, 0.25) is 0 Å². The fourth-order valence-electron chi connectivity index (χ4n) is 3.67. The first-order chi connectivity index (χ1) is 7.80. The molecule has 1 aromatic rings. The smallest absolute Gasteiger partial charge is 0.0219 e. The Hall–Kier alpha value is -0.780. The second-order valence-corrected chi connectivity index (χ2v) is 5.38. The van der Waals surface area contributed by atoms with E-state index in [1.807, 2.05) is 0 Å². The standard InChI is InChI=1S/C16H24/c1-3-15-11-8-12-16(15,4-2)13-14-9-6-5-7-10-14/h5-7,9-10,15H,3-4,8,11-13H2,1-2H3. The van der Waals surface area contributed by atoms with Crippen molar-refractivity contribution in [3.8, 4) is 0 Å². The normalized spacial score (nSPS) is 29.5. The van der Waals surface area contributed by atoms with Gasteiger partial charge in [0.15, 0.2) is 0 Å². The Morgan fingerprint density at radius 2 is 1.94 bits per heavy atom. The average Bonchev–Trinajstić information content (AvgIpc) is 2.74. The molecule has 1 saturated carbocycles. The van der Waals surface area contributed by atoms with Crippen LogP contribution in [0, 0.1) is 11.3 Å². The summed E-state index contributed by atoms with van der Waals surface area (Å²) in [5.41, 5.74) is 2.14. The van der Waals surface area contributed by atoms with Crippen molar-refractivity contribution in [1.82, 2.24) is 0 Å². The maximum absolute atomic E-state index is 2.39. The zero-order valence-corrected chi connectivity index (χ0v) is 10.7. The van der Waals surface area contributed by atoms with Crippen molar-refractivity contribution >= 4 is 0 Å². The molecule has 16 heavy (non-hydrogen) atoms. The largest absolute Gasteiger partial charge is 0.0651 e. The zero-order chi connectivity index (χ0) is 11.4. The highest BCUT2D eigenvalue weighted by atomic mass is 14.4.